The lowest BCUT2D eigenvalue weighted by Crippen LogP contribution is -2.39. The molecular formula is C15H21BrN2O3. The van der Waals surface area contributed by atoms with Crippen molar-refractivity contribution in [1.29, 1.82) is 0 Å². The summed E-state index contributed by atoms with van der Waals surface area (Å²) in [7, 11) is 0. The Balaban J connectivity index is 2.79. The third kappa shape index (κ3) is 4.74. The summed E-state index contributed by atoms with van der Waals surface area (Å²) < 4.78 is 0.528. The maximum absolute atomic E-state index is 12.0. The van der Waals surface area contributed by atoms with Gasteiger partial charge in [0.15, 0.2) is 0 Å². The molecule has 0 aliphatic heterocycles. The van der Waals surface area contributed by atoms with E-state index >= 15 is 0 Å². The lowest BCUT2D eigenvalue weighted by atomic mass is 9.81. The van der Waals surface area contributed by atoms with Gasteiger partial charge in [-0.1, -0.05) is 33.8 Å². The summed E-state index contributed by atoms with van der Waals surface area (Å²) in [5, 5.41) is 14.5. The van der Waals surface area contributed by atoms with Gasteiger partial charge in [-0.2, -0.15) is 0 Å². The number of aromatic carboxylic acids is 1. The van der Waals surface area contributed by atoms with Crippen LogP contribution in [0.3, 0.4) is 0 Å². The Morgan fingerprint density at radius 3 is 2.48 bits per heavy atom. The molecule has 21 heavy (non-hydrogen) atoms. The highest BCUT2D eigenvalue weighted by atomic mass is 79.9. The highest BCUT2D eigenvalue weighted by Gasteiger charge is 2.23. The zero-order valence-corrected chi connectivity index (χ0v) is 14.2. The summed E-state index contributed by atoms with van der Waals surface area (Å²) in [6.07, 6.45) is 0. The predicted molar refractivity (Wildman–Crippen MR) is 86.7 cm³/mol. The molecule has 5 nitrogen and oxygen atoms in total. The summed E-state index contributed by atoms with van der Waals surface area (Å²) >= 11 is 3.25. The largest absolute Gasteiger partial charge is 0.478 e. The number of benzene rings is 1. The fraction of sp³-hybridized carbons (Fsp3) is 0.467. The van der Waals surface area contributed by atoms with Gasteiger partial charge in [-0.05, 0) is 39.4 Å². The maximum Gasteiger partial charge on any atom is 0.337 e. The first kappa shape index (κ1) is 17.5. The van der Waals surface area contributed by atoms with Gasteiger partial charge in [0.2, 0.25) is 0 Å². The van der Waals surface area contributed by atoms with Gasteiger partial charge in [0.05, 0.1) is 11.3 Å². The third-order valence-corrected chi connectivity index (χ3v) is 4.41. The molecule has 0 radical (unpaired) electrons. The first-order valence-corrected chi connectivity index (χ1v) is 7.51. The van der Waals surface area contributed by atoms with Crippen molar-refractivity contribution < 1.29 is 14.7 Å². The monoisotopic (exact) mass is 356 g/mol. The van der Waals surface area contributed by atoms with Crippen molar-refractivity contribution >= 4 is 33.6 Å². The molecule has 0 atom stereocenters. The second kappa shape index (κ2) is 6.93. The molecule has 3 N–H and O–H groups in total. The summed E-state index contributed by atoms with van der Waals surface area (Å²) in [6, 6.07) is 4.32. The molecule has 0 aromatic heterocycles. The van der Waals surface area contributed by atoms with Crippen LogP contribution in [0.4, 0.5) is 10.5 Å². The van der Waals surface area contributed by atoms with Crippen LogP contribution in [-0.4, -0.2) is 23.7 Å². The van der Waals surface area contributed by atoms with E-state index in [-0.39, 0.29) is 16.7 Å². The molecule has 0 fully saturated rings. The molecule has 0 aliphatic rings. The van der Waals surface area contributed by atoms with E-state index in [1.165, 1.54) is 6.07 Å². The number of para-hydroxylation sites is 1. The van der Waals surface area contributed by atoms with Gasteiger partial charge in [0.25, 0.3) is 0 Å². The van der Waals surface area contributed by atoms with Crippen LogP contribution >= 0.6 is 15.9 Å². The van der Waals surface area contributed by atoms with Gasteiger partial charge in [-0.15, -0.1) is 0 Å². The molecule has 1 aromatic rings. The Labute approximate surface area is 133 Å². The molecular weight excluding hydrogens is 336 g/mol. The number of carbonyl (C=O) groups is 2. The minimum atomic E-state index is -1.09. The number of halogens is 1. The van der Waals surface area contributed by atoms with Crippen molar-refractivity contribution in [3.05, 3.63) is 28.2 Å². The number of nitrogens with one attached hydrogen (secondary N) is 2. The van der Waals surface area contributed by atoms with Gasteiger partial charge in [-0.25, -0.2) is 9.59 Å². The summed E-state index contributed by atoms with van der Waals surface area (Å²) in [5.74, 6) is -0.676. The van der Waals surface area contributed by atoms with E-state index in [2.05, 4.69) is 54.3 Å². The fourth-order valence-corrected chi connectivity index (χ4v) is 1.96. The van der Waals surface area contributed by atoms with Gasteiger partial charge in [-0.3, -0.25) is 0 Å². The number of rotatable bonds is 5. The normalized spacial score (nSPS) is 11.3. The molecule has 0 saturated carbocycles. The maximum atomic E-state index is 12.0. The van der Waals surface area contributed by atoms with E-state index in [4.69, 9.17) is 5.11 Å². The van der Waals surface area contributed by atoms with E-state index in [0.29, 0.717) is 16.9 Å². The predicted octanol–water partition coefficient (Wildman–Crippen LogP) is 3.95. The smallest absolute Gasteiger partial charge is 0.337 e. The number of carboxylic acid groups (broad SMARTS) is 1. The zero-order chi connectivity index (χ0) is 16.2. The van der Waals surface area contributed by atoms with Crippen molar-refractivity contribution in [2.75, 3.05) is 11.9 Å². The number of hydrogen-bond acceptors (Lipinski definition) is 2. The zero-order valence-electron chi connectivity index (χ0n) is 12.7. The van der Waals surface area contributed by atoms with Crippen molar-refractivity contribution in [2.45, 2.75) is 27.7 Å². The number of carboxylic acids is 1. The molecule has 1 aromatic carbocycles. The Hall–Kier alpha value is -1.56. The average Bonchev–Trinajstić information content (AvgIpc) is 2.38. The number of amides is 2. The lowest BCUT2D eigenvalue weighted by molar-refractivity contribution is 0.0698. The van der Waals surface area contributed by atoms with E-state index < -0.39 is 12.0 Å². The SMILES string of the molecule is CC(C)C(C)(C)CNC(=O)Nc1c(Br)cccc1C(=O)O. The summed E-state index contributed by atoms with van der Waals surface area (Å²) in [6.45, 7) is 8.83. The minimum absolute atomic E-state index is 0.0408. The highest BCUT2D eigenvalue weighted by Crippen LogP contribution is 2.27. The second-order valence-corrected chi connectivity index (χ2v) is 6.77. The van der Waals surface area contributed by atoms with Crippen LogP contribution in [-0.2, 0) is 0 Å². The van der Waals surface area contributed by atoms with Crippen LogP contribution in [0.25, 0.3) is 0 Å². The van der Waals surface area contributed by atoms with Crippen LogP contribution in [0, 0.1) is 11.3 Å². The van der Waals surface area contributed by atoms with E-state index in [1.807, 2.05) is 0 Å². The van der Waals surface area contributed by atoms with E-state index in [1.54, 1.807) is 12.1 Å². The standard InChI is InChI=1S/C15H21BrN2O3/c1-9(2)15(3,4)8-17-14(21)18-12-10(13(19)20)6-5-7-11(12)16/h5-7,9H,8H2,1-4H3,(H,19,20)(H2,17,18,21). The molecule has 2 amide bonds. The van der Waals surface area contributed by atoms with E-state index in [9.17, 15) is 9.59 Å². The Morgan fingerprint density at radius 2 is 1.95 bits per heavy atom. The van der Waals surface area contributed by atoms with E-state index in [0.717, 1.165) is 0 Å². The molecule has 0 bridgehead atoms. The molecule has 116 valence electrons. The number of carbonyl (C=O) groups excluding carboxylic acids is 1. The van der Waals surface area contributed by atoms with Gasteiger partial charge < -0.3 is 15.7 Å². The Morgan fingerprint density at radius 1 is 1.33 bits per heavy atom. The van der Waals surface area contributed by atoms with Gasteiger partial charge in [0.1, 0.15) is 0 Å². The highest BCUT2D eigenvalue weighted by molar-refractivity contribution is 9.10. The quantitative estimate of drug-likeness (QED) is 0.747. The first-order chi connectivity index (χ1) is 9.65. The van der Waals surface area contributed by atoms with Crippen molar-refractivity contribution in [1.82, 2.24) is 5.32 Å². The van der Waals surface area contributed by atoms with Crippen molar-refractivity contribution in [2.24, 2.45) is 11.3 Å². The van der Waals surface area contributed by atoms with Crippen molar-refractivity contribution in [3.8, 4) is 0 Å². The third-order valence-electron chi connectivity index (χ3n) is 3.75. The number of hydrogen-bond donors (Lipinski definition) is 3. The molecule has 0 aliphatic carbocycles. The number of urea groups is 1. The molecule has 0 saturated heterocycles. The molecule has 0 spiro atoms. The van der Waals surface area contributed by atoms with Crippen LogP contribution in [0.2, 0.25) is 0 Å². The summed E-state index contributed by atoms with van der Waals surface area (Å²) in [4.78, 5) is 23.1. The average molecular weight is 357 g/mol. The fourth-order valence-electron chi connectivity index (χ4n) is 1.50. The van der Waals surface area contributed by atoms with Crippen LogP contribution in [0.1, 0.15) is 38.1 Å². The molecule has 6 heteroatoms. The van der Waals surface area contributed by atoms with Crippen LogP contribution in [0.5, 0.6) is 0 Å². The van der Waals surface area contributed by atoms with Crippen LogP contribution < -0.4 is 10.6 Å². The molecule has 0 unspecified atom stereocenters. The van der Waals surface area contributed by atoms with Gasteiger partial charge >= 0.3 is 12.0 Å². The molecule has 1 rings (SSSR count). The van der Waals surface area contributed by atoms with Crippen LogP contribution in [0.15, 0.2) is 22.7 Å². The second-order valence-electron chi connectivity index (χ2n) is 5.92. The Bertz CT molecular complexity index is 542. The summed E-state index contributed by atoms with van der Waals surface area (Å²) in [5.41, 5.74) is 0.258. The van der Waals surface area contributed by atoms with Gasteiger partial charge in [0, 0.05) is 11.0 Å². The van der Waals surface area contributed by atoms with Crippen molar-refractivity contribution in [3.63, 3.8) is 0 Å². The Kier molecular flexibility index (Phi) is 5.78. The molecule has 0 heterocycles. The lowest BCUT2D eigenvalue weighted by Gasteiger charge is -2.29. The number of anilines is 1. The first-order valence-electron chi connectivity index (χ1n) is 6.72. The topological polar surface area (TPSA) is 78.4 Å². The minimum Gasteiger partial charge on any atom is -0.478 e.